The molecule has 1 aliphatic rings. The highest BCUT2D eigenvalue weighted by Gasteiger charge is 2.27. The summed E-state index contributed by atoms with van der Waals surface area (Å²) in [6.45, 7) is 12.8. The van der Waals surface area contributed by atoms with E-state index >= 15 is 0 Å². The van der Waals surface area contributed by atoms with E-state index in [9.17, 15) is 8.42 Å². The summed E-state index contributed by atoms with van der Waals surface area (Å²) in [4.78, 5) is 6.42. The molecule has 0 saturated carbocycles. The Bertz CT molecular complexity index is 536. The summed E-state index contributed by atoms with van der Waals surface area (Å²) in [7, 11) is -1.51. The van der Waals surface area contributed by atoms with Crippen LogP contribution in [0.25, 0.3) is 0 Å². The second kappa shape index (κ2) is 14.8. The Morgan fingerprint density at radius 3 is 2.29 bits per heavy atom. The van der Waals surface area contributed by atoms with Gasteiger partial charge in [0.05, 0.1) is 18.5 Å². The largest absolute Gasteiger partial charge is 0.381 e. The number of sulfonamides is 1. The fourth-order valence-electron chi connectivity index (χ4n) is 2.72. The lowest BCUT2D eigenvalue weighted by Gasteiger charge is -2.35. The van der Waals surface area contributed by atoms with Crippen LogP contribution in [-0.4, -0.2) is 95.0 Å². The molecule has 0 aliphatic carbocycles. The van der Waals surface area contributed by atoms with Crippen molar-refractivity contribution >= 4 is 40.0 Å². The summed E-state index contributed by atoms with van der Waals surface area (Å²) in [5, 5.41) is 3.34. The van der Waals surface area contributed by atoms with Gasteiger partial charge in [-0.1, -0.05) is 13.8 Å². The van der Waals surface area contributed by atoms with Crippen LogP contribution < -0.4 is 5.32 Å². The number of rotatable bonds is 11. The maximum Gasteiger partial charge on any atom is 0.216 e. The average molecular weight is 535 g/mol. The van der Waals surface area contributed by atoms with Crippen molar-refractivity contribution in [2.24, 2.45) is 10.9 Å². The summed E-state index contributed by atoms with van der Waals surface area (Å²) in [6, 6.07) is 0. The molecular formula is C18H39IN4O4S. The second-order valence-electron chi connectivity index (χ2n) is 7.42. The number of aliphatic imine (C=N–C) groups is 1. The van der Waals surface area contributed by atoms with E-state index in [1.807, 2.05) is 13.8 Å². The molecule has 1 aliphatic heterocycles. The Balaban J connectivity index is 0.00000729. The molecule has 1 rings (SSSR count). The predicted molar refractivity (Wildman–Crippen MR) is 125 cm³/mol. The molecule has 0 aromatic heterocycles. The lowest BCUT2D eigenvalue weighted by Crippen LogP contribution is -2.54. The number of piperazine rings is 1. The molecule has 0 spiro atoms. The van der Waals surface area contributed by atoms with Crippen molar-refractivity contribution in [3.8, 4) is 0 Å². The molecule has 0 aromatic rings. The molecule has 0 atom stereocenters. The van der Waals surface area contributed by atoms with Crippen LogP contribution in [0.15, 0.2) is 4.99 Å². The zero-order valence-electron chi connectivity index (χ0n) is 18.0. The normalized spacial score (nSPS) is 16.5. The SMILES string of the molecule is CN=C(NCCCOCC(C)C)N1CCN(S(=O)(=O)CCOC(C)C)CC1.I. The molecule has 0 aromatic carbocycles. The van der Waals surface area contributed by atoms with Crippen LogP contribution in [0.1, 0.15) is 34.1 Å². The molecule has 0 amide bonds. The van der Waals surface area contributed by atoms with E-state index in [4.69, 9.17) is 9.47 Å². The molecule has 28 heavy (non-hydrogen) atoms. The minimum Gasteiger partial charge on any atom is -0.381 e. The van der Waals surface area contributed by atoms with Gasteiger partial charge in [-0.25, -0.2) is 8.42 Å². The van der Waals surface area contributed by atoms with Crippen molar-refractivity contribution in [3.63, 3.8) is 0 Å². The minimum atomic E-state index is -3.26. The smallest absolute Gasteiger partial charge is 0.216 e. The van der Waals surface area contributed by atoms with Gasteiger partial charge < -0.3 is 19.7 Å². The maximum absolute atomic E-state index is 12.4. The zero-order valence-corrected chi connectivity index (χ0v) is 21.2. The Labute approximate surface area is 188 Å². The van der Waals surface area contributed by atoms with Gasteiger partial charge in [-0.05, 0) is 26.2 Å². The van der Waals surface area contributed by atoms with E-state index in [1.165, 1.54) is 0 Å². The lowest BCUT2D eigenvalue weighted by atomic mass is 10.2. The van der Waals surface area contributed by atoms with E-state index in [1.54, 1.807) is 11.4 Å². The van der Waals surface area contributed by atoms with E-state index < -0.39 is 10.0 Å². The molecule has 168 valence electrons. The summed E-state index contributed by atoms with van der Waals surface area (Å²) in [6.07, 6.45) is 0.956. The minimum absolute atomic E-state index is 0. The third-order valence-electron chi connectivity index (χ3n) is 4.14. The van der Waals surface area contributed by atoms with Gasteiger partial charge in [-0.2, -0.15) is 4.31 Å². The van der Waals surface area contributed by atoms with Gasteiger partial charge in [-0.15, -0.1) is 24.0 Å². The molecule has 1 heterocycles. The molecule has 1 N–H and O–H groups in total. The molecule has 1 saturated heterocycles. The second-order valence-corrected chi connectivity index (χ2v) is 9.51. The molecular weight excluding hydrogens is 495 g/mol. The van der Waals surface area contributed by atoms with Crippen LogP contribution in [0, 0.1) is 5.92 Å². The fourth-order valence-corrected chi connectivity index (χ4v) is 4.01. The van der Waals surface area contributed by atoms with E-state index in [0.717, 1.165) is 32.1 Å². The van der Waals surface area contributed by atoms with Crippen LogP contribution >= 0.6 is 24.0 Å². The maximum atomic E-state index is 12.4. The van der Waals surface area contributed by atoms with Gasteiger partial charge in [0.25, 0.3) is 0 Å². The van der Waals surface area contributed by atoms with Gasteiger partial charge in [0.15, 0.2) is 5.96 Å². The van der Waals surface area contributed by atoms with Crippen molar-refractivity contribution in [1.82, 2.24) is 14.5 Å². The Hall–Kier alpha value is -0.170. The van der Waals surface area contributed by atoms with E-state index in [0.29, 0.717) is 32.1 Å². The van der Waals surface area contributed by atoms with Crippen molar-refractivity contribution < 1.29 is 17.9 Å². The summed E-state index contributed by atoms with van der Waals surface area (Å²) in [5.41, 5.74) is 0. The van der Waals surface area contributed by atoms with E-state index in [-0.39, 0.29) is 42.4 Å². The number of ether oxygens (including phenoxy) is 2. The van der Waals surface area contributed by atoms with Crippen molar-refractivity contribution in [2.45, 2.75) is 40.2 Å². The molecule has 8 nitrogen and oxygen atoms in total. The van der Waals surface area contributed by atoms with Gasteiger partial charge >= 0.3 is 0 Å². The highest BCUT2D eigenvalue weighted by atomic mass is 127. The first-order chi connectivity index (χ1) is 12.8. The van der Waals surface area contributed by atoms with Crippen LogP contribution in [0.4, 0.5) is 0 Å². The third-order valence-corrected chi connectivity index (χ3v) is 5.97. The fraction of sp³-hybridized carbons (Fsp3) is 0.944. The Kier molecular flexibility index (Phi) is 14.7. The number of hydrogen-bond acceptors (Lipinski definition) is 5. The van der Waals surface area contributed by atoms with E-state index in [2.05, 4.69) is 29.1 Å². The number of hydrogen-bond donors (Lipinski definition) is 1. The Morgan fingerprint density at radius 2 is 1.75 bits per heavy atom. The summed E-state index contributed by atoms with van der Waals surface area (Å²) in [5.74, 6) is 1.41. The molecule has 1 fully saturated rings. The average Bonchev–Trinajstić information content (AvgIpc) is 2.60. The van der Waals surface area contributed by atoms with Gasteiger partial charge in [-0.3, -0.25) is 4.99 Å². The predicted octanol–water partition coefficient (Wildman–Crippen LogP) is 1.61. The van der Waals surface area contributed by atoms with Crippen LogP contribution in [0.5, 0.6) is 0 Å². The quantitative estimate of drug-likeness (QED) is 0.188. The Morgan fingerprint density at radius 1 is 1.11 bits per heavy atom. The molecule has 0 bridgehead atoms. The number of nitrogens with zero attached hydrogens (tertiary/aromatic N) is 3. The van der Waals surface area contributed by atoms with Crippen molar-refractivity contribution in [3.05, 3.63) is 0 Å². The molecule has 0 radical (unpaired) electrons. The number of halogens is 1. The molecule has 0 unspecified atom stereocenters. The standard InChI is InChI=1S/C18H38N4O4S.HI/c1-16(2)15-25-12-6-7-20-18(19-5)21-8-10-22(11-9-21)27(23,24)14-13-26-17(3)4;/h16-17H,6-15H2,1-5H3,(H,19,20);1H. The van der Waals surface area contributed by atoms with Gasteiger partial charge in [0, 0.05) is 53.0 Å². The number of guanidine groups is 1. The van der Waals surface area contributed by atoms with Crippen molar-refractivity contribution in [2.75, 3.05) is 65.3 Å². The first-order valence-corrected chi connectivity index (χ1v) is 11.5. The van der Waals surface area contributed by atoms with Crippen LogP contribution in [0.3, 0.4) is 0 Å². The zero-order chi connectivity index (χ0) is 20.3. The lowest BCUT2D eigenvalue weighted by molar-refractivity contribution is 0.0904. The topological polar surface area (TPSA) is 83.5 Å². The highest BCUT2D eigenvalue weighted by molar-refractivity contribution is 14.0. The summed E-state index contributed by atoms with van der Waals surface area (Å²) < 4.78 is 37.3. The molecule has 10 heteroatoms. The van der Waals surface area contributed by atoms with Crippen LogP contribution in [0.2, 0.25) is 0 Å². The van der Waals surface area contributed by atoms with Crippen LogP contribution in [-0.2, 0) is 19.5 Å². The first kappa shape index (κ1) is 27.8. The monoisotopic (exact) mass is 534 g/mol. The van der Waals surface area contributed by atoms with Gasteiger partial charge in [0.1, 0.15) is 0 Å². The third kappa shape index (κ3) is 11.1. The summed E-state index contributed by atoms with van der Waals surface area (Å²) >= 11 is 0. The van der Waals surface area contributed by atoms with Gasteiger partial charge in [0.2, 0.25) is 10.0 Å². The highest BCUT2D eigenvalue weighted by Crippen LogP contribution is 2.09. The van der Waals surface area contributed by atoms with Crippen molar-refractivity contribution in [1.29, 1.82) is 0 Å². The number of nitrogens with one attached hydrogen (secondary N) is 1. The first-order valence-electron chi connectivity index (χ1n) is 9.89.